The lowest BCUT2D eigenvalue weighted by Crippen LogP contribution is -2.19. The van der Waals surface area contributed by atoms with Crippen molar-refractivity contribution in [3.63, 3.8) is 0 Å². The molecule has 9 nitrogen and oxygen atoms in total. The van der Waals surface area contributed by atoms with E-state index >= 15 is 0 Å². The number of ether oxygens (including phenoxy) is 1. The van der Waals surface area contributed by atoms with E-state index in [-0.39, 0.29) is 11.5 Å². The third kappa shape index (κ3) is 4.19. The maximum atomic E-state index is 13.2. The number of tetrazole rings is 1. The van der Waals surface area contributed by atoms with Gasteiger partial charge in [-0.2, -0.15) is 4.68 Å². The molecular formula is C25H23N5O4. The normalized spacial score (nSPS) is 13.8. The Kier molecular flexibility index (Phi) is 5.67. The van der Waals surface area contributed by atoms with E-state index in [4.69, 9.17) is 9.15 Å². The molecule has 0 saturated heterocycles. The van der Waals surface area contributed by atoms with Crippen molar-refractivity contribution >= 4 is 23.5 Å². The van der Waals surface area contributed by atoms with Crippen LogP contribution >= 0.6 is 0 Å². The first kappa shape index (κ1) is 21.6. The molecule has 5 rings (SSSR count). The fraction of sp³-hybridized carbons (Fsp3) is 0.240. The number of aromatic nitrogens is 5. The SMILES string of the molecule is Cc1cc(C(=O)COC(=O)/C(=C/c2ccco2)n2nnnc2-c2ccccc2)c(C)n1C1CC1. The van der Waals surface area contributed by atoms with Gasteiger partial charge in [0.25, 0.3) is 0 Å². The van der Waals surface area contributed by atoms with Crippen molar-refractivity contribution in [1.82, 2.24) is 24.8 Å². The zero-order valence-corrected chi connectivity index (χ0v) is 18.8. The average molecular weight is 457 g/mol. The molecule has 1 aliphatic carbocycles. The van der Waals surface area contributed by atoms with Gasteiger partial charge in [0.2, 0.25) is 5.78 Å². The van der Waals surface area contributed by atoms with Gasteiger partial charge in [-0.25, -0.2) is 4.79 Å². The lowest BCUT2D eigenvalue weighted by Gasteiger charge is -2.10. The lowest BCUT2D eigenvalue weighted by atomic mass is 10.1. The highest BCUT2D eigenvalue weighted by atomic mass is 16.5. The van der Waals surface area contributed by atoms with Gasteiger partial charge < -0.3 is 13.7 Å². The van der Waals surface area contributed by atoms with Crippen LogP contribution in [-0.2, 0) is 9.53 Å². The second kappa shape index (κ2) is 8.93. The van der Waals surface area contributed by atoms with Crippen molar-refractivity contribution in [3.8, 4) is 11.4 Å². The van der Waals surface area contributed by atoms with Crippen molar-refractivity contribution in [3.05, 3.63) is 77.5 Å². The minimum atomic E-state index is -0.745. The fourth-order valence-electron chi connectivity index (χ4n) is 4.07. The molecule has 1 fully saturated rings. The number of esters is 1. The van der Waals surface area contributed by atoms with E-state index in [1.807, 2.05) is 50.2 Å². The van der Waals surface area contributed by atoms with Crippen LogP contribution in [0.5, 0.6) is 0 Å². The zero-order chi connectivity index (χ0) is 23.7. The van der Waals surface area contributed by atoms with Crippen LogP contribution < -0.4 is 0 Å². The minimum absolute atomic E-state index is 0.0232. The van der Waals surface area contributed by atoms with Gasteiger partial charge >= 0.3 is 5.97 Å². The van der Waals surface area contributed by atoms with E-state index in [9.17, 15) is 9.59 Å². The number of aryl methyl sites for hydroxylation is 1. The Morgan fingerprint density at radius 3 is 2.65 bits per heavy atom. The number of hydrogen-bond acceptors (Lipinski definition) is 7. The first-order valence-corrected chi connectivity index (χ1v) is 11.0. The number of ketones is 1. The van der Waals surface area contributed by atoms with Crippen LogP contribution in [0.4, 0.5) is 0 Å². The Bertz CT molecular complexity index is 1360. The first-order valence-electron chi connectivity index (χ1n) is 11.0. The summed E-state index contributed by atoms with van der Waals surface area (Å²) in [6.07, 6.45) is 5.21. The molecule has 0 bridgehead atoms. The van der Waals surface area contributed by atoms with Crippen LogP contribution in [0.3, 0.4) is 0 Å². The summed E-state index contributed by atoms with van der Waals surface area (Å²) < 4.78 is 14.3. The molecule has 1 aromatic carbocycles. The average Bonchev–Trinajstić information content (AvgIpc) is 3.23. The van der Waals surface area contributed by atoms with Gasteiger partial charge in [-0.3, -0.25) is 4.79 Å². The van der Waals surface area contributed by atoms with Gasteiger partial charge in [-0.15, -0.1) is 5.10 Å². The summed E-state index contributed by atoms with van der Waals surface area (Å²) in [7, 11) is 0. The van der Waals surface area contributed by atoms with Crippen LogP contribution in [0.1, 0.15) is 46.4 Å². The zero-order valence-electron chi connectivity index (χ0n) is 18.8. The predicted octanol–water partition coefficient (Wildman–Crippen LogP) is 4.11. The topological polar surface area (TPSA) is 105 Å². The quantitative estimate of drug-likeness (QED) is 0.223. The molecule has 1 aliphatic rings. The monoisotopic (exact) mass is 457 g/mol. The second-order valence-electron chi connectivity index (χ2n) is 8.21. The molecule has 172 valence electrons. The number of carbonyl (C=O) groups excluding carboxylic acids is 2. The molecule has 34 heavy (non-hydrogen) atoms. The van der Waals surface area contributed by atoms with Gasteiger partial charge in [0.15, 0.2) is 18.1 Å². The number of Topliss-reactive ketones (excluding diaryl/α,β-unsaturated/α-hetero) is 1. The number of carbonyl (C=O) groups is 2. The summed E-state index contributed by atoms with van der Waals surface area (Å²) in [6.45, 7) is 3.52. The molecule has 4 aromatic rings. The number of furan rings is 1. The molecule has 0 unspecified atom stereocenters. The maximum absolute atomic E-state index is 13.2. The molecular weight excluding hydrogens is 434 g/mol. The van der Waals surface area contributed by atoms with Crippen molar-refractivity contribution in [1.29, 1.82) is 0 Å². The molecule has 0 aliphatic heterocycles. The van der Waals surface area contributed by atoms with E-state index in [1.165, 1.54) is 17.0 Å². The Hall–Kier alpha value is -4.27. The second-order valence-corrected chi connectivity index (χ2v) is 8.21. The number of benzene rings is 1. The first-order chi connectivity index (χ1) is 16.5. The molecule has 9 heteroatoms. The van der Waals surface area contributed by atoms with Gasteiger partial charge in [0.05, 0.1) is 6.26 Å². The van der Waals surface area contributed by atoms with E-state index < -0.39 is 12.6 Å². The third-order valence-corrected chi connectivity index (χ3v) is 5.79. The van der Waals surface area contributed by atoms with Gasteiger partial charge in [-0.1, -0.05) is 30.3 Å². The molecule has 1 saturated carbocycles. The summed E-state index contributed by atoms with van der Waals surface area (Å²) in [4.78, 5) is 26.1. The van der Waals surface area contributed by atoms with Crippen molar-refractivity contribution in [2.45, 2.75) is 32.7 Å². The number of rotatable bonds is 8. The lowest BCUT2D eigenvalue weighted by molar-refractivity contribution is -0.136. The maximum Gasteiger partial charge on any atom is 0.357 e. The number of nitrogens with zero attached hydrogens (tertiary/aromatic N) is 5. The van der Waals surface area contributed by atoms with Crippen LogP contribution in [-0.4, -0.2) is 43.1 Å². The molecule has 3 heterocycles. The van der Waals surface area contributed by atoms with Gasteiger partial charge in [0, 0.05) is 34.6 Å². The molecule has 0 atom stereocenters. The number of hydrogen-bond donors (Lipinski definition) is 0. The van der Waals surface area contributed by atoms with Crippen LogP contribution in [0, 0.1) is 13.8 Å². The highest BCUT2D eigenvalue weighted by Crippen LogP contribution is 2.38. The summed E-state index contributed by atoms with van der Waals surface area (Å²) in [6, 6.07) is 14.9. The van der Waals surface area contributed by atoms with E-state index in [2.05, 4.69) is 20.1 Å². The van der Waals surface area contributed by atoms with Crippen molar-refractivity contribution in [2.75, 3.05) is 6.61 Å². The van der Waals surface area contributed by atoms with E-state index in [0.717, 1.165) is 24.2 Å². The van der Waals surface area contributed by atoms with Crippen LogP contribution in [0.25, 0.3) is 23.2 Å². The molecule has 0 amide bonds. The summed E-state index contributed by atoms with van der Waals surface area (Å²) in [5.41, 5.74) is 3.25. The van der Waals surface area contributed by atoms with Crippen molar-refractivity contribution < 1.29 is 18.7 Å². The summed E-state index contributed by atoms with van der Waals surface area (Å²) in [5.74, 6) is -0.230. The van der Waals surface area contributed by atoms with Crippen molar-refractivity contribution in [2.24, 2.45) is 0 Å². The predicted molar refractivity (Wildman–Crippen MR) is 124 cm³/mol. The van der Waals surface area contributed by atoms with E-state index in [1.54, 1.807) is 12.1 Å². The summed E-state index contributed by atoms with van der Waals surface area (Å²) in [5, 5.41) is 11.8. The Morgan fingerprint density at radius 1 is 1.15 bits per heavy atom. The summed E-state index contributed by atoms with van der Waals surface area (Å²) >= 11 is 0. The smallest absolute Gasteiger partial charge is 0.357 e. The van der Waals surface area contributed by atoms with E-state index in [0.29, 0.717) is 28.8 Å². The Balaban J connectivity index is 1.40. The largest absolute Gasteiger partial charge is 0.465 e. The molecule has 0 N–H and O–H groups in total. The van der Waals surface area contributed by atoms with Gasteiger partial charge in [0.1, 0.15) is 5.76 Å². The van der Waals surface area contributed by atoms with Gasteiger partial charge in [-0.05, 0) is 55.3 Å². The standard InChI is InChI=1S/C25H23N5O4/c1-16-13-21(17(2)29(16)19-10-11-19)23(31)15-34-25(32)22(14-20-9-6-12-33-20)30-24(26-27-28-30)18-7-4-3-5-8-18/h3-9,12-14,19H,10-11,15H2,1-2H3/b22-14-. The Labute approximate surface area is 195 Å². The molecule has 0 radical (unpaired) electrons. The van der Waals surface area contributed by atoms with Crippen LogP contribution in [0.15, 0.2) is 59.2 Å². The fourth-order valence-corrected chi connectivity index (χ4v) is 4.07. The third-order valence-electron chi connectivity index (χ3n) is 5.79. The minimum Gasteiger partial charge on any atom is -0.465 e. The Morgan fingerprint density at radius 2 is 1.94 bits per heavy atom. The molecule has 0 spiro atoms. The van der Waals surface area contributed by atoms with Crippen LogP contribution in [0.2, 0.25) is 0 Å². The highest BCUT2D eigenvalue weighted by Gasteiger charge is 2.29. The molecule has 3 aromatic heterocycles. The highest BCUT2D eigenvalue weighted by molar-refractivity contribution is 6.16.